The van der Waals surface area contributed by atoms with E-state index < -0.39 is 5.97 Å². The summed E-state index contributed by atoms with van der Waals surface area (Å²) in [6.45, 7) is 1.36. The molecule has 112 valence electrons. The maximum absolute atomic E-state index is 11.5. The fraction of sp³-hybridized carbons (Fsp3) is 0.188. The number of imidazole rings is 1. The third-order valence-electron chi connectivity index (χ3n) is 3.44. The minimum atomic E-state index is -0.914. The van der Waals surface area contributed by atoms with E-state index in [9.17, 15) is 9.59 Å². The fourth-order valence-electron chi connectivity index (χ4n) is 2.41. The van der Waals surface area contributed by atoms with Crippen LogP contribution in [0.4, 0.5) is 0 Å². The molecule has 0 aliphatic heterocycles. The van der Waals surface area contributed by atoms with Gasteiger partial charge in [-0.25, -0.2) is 4.98 Å². The Labute approximate surface area is 130 Å². The molecule has 1 aromatic carbocycles. The number of aromatic nitrogens is 2. The number of fused-ring (bicyclic) bond motifs is 1. The lowest BCUT2D eigenvalue weighted by atomic mass is 10.1. The number of hydrogen-bond acceptors (Lipinski definition) is 4. The van der Waals surface area contributed by atoms with Gasteiger partial charge >= 0.3 is 5.97 Å². The molecule has 0 amide bonds. The van der Waals surface area contributed by atoms with Crippen molar-refractivity contribution in [3.05, 3.63) is 52.0 Å². The summed E-state index contributed by atoms with van der Waals surface area (Å²) in [5.74, 6) is -0.252. The van der Waals surface area contributed by atoms with Crippen LogP contribution in [-0.4, -0.2) is 26.4 Å². The molecular weight excluding hydrogens is 300 g/mol. The van der Waals surface area contributed by atoms with Gasteiger partial charge in [-0.05, 0) is 36.6 Å². The van der Waals surface area contributed by atoms with Crippen molar-refractivity contribution in [2.24, 2.45) is 0 Å². The van der Waals surface area contributed by atoms with E-state index in [1.165, 1.54) is 6.92 Å². The van der Waals surface area contributed by atoms with Crippen LogP contribution in [0.15, 0.2) is 35.7 Å². The van der Waals surface area contributed by atoms with Gasteiger partial charge < -0.3 is 9.67 Å². The Morgan fingerprint density at radius 2 is 2.14 bits per heavy atom. The van der Waals surface area contributed by atoms with Crippen molar-refractivity contribution in [1.82, 2.24) is 9.55 Å². The van der Waals surface area contributed by atoms with E-state index in [0.717, 1.165) is 10.4 Å². The number of carboxylic acids is 1. The number of carbonyl (C=O) groups is 2. The first-order valence-electron chi connectivity index (χ1n) is 6.79. The van der Waals surface area contributed by atoms with Gasteiger partial charge in [0.25, 0.3) is 0 Å². The number of hydrogen-bond donors (Lipinski definition) is 1. The monoisotopic (exact) mass is 314 g/mol. The highest BCUT2D eigenvalue weighted by atomic mass is 32.1. The van der Waals surface area contributed by atoms with E-state index in [2.05, 4.69) is 4.98 Å². The first kappa shape index (κ1) is 14.5. The van der Waals surface area contributed by atoms with Gasteiger partial charge in [0.05, 0.1) is 11.0 Å². The molecule has 0 unspecified atom stereocenters. The number of Topliss-reactive ketones (excluding diaryl/α,β-unsaturated/α-hetero) is 1. The van der Waals surface area contributed by atoms with Gasteiger partial charge in [0, 0.05) is 16.9 Å². The second-order valence-electron chi connectivity index (χ2n) is 5.02. The molecule has 2 heterocycles. The van der Waals surface area contributed by atoms with Gasteiger partial charge in [0.15, 0.2) is 5.78 Å². The first-order valence-corrected chi connectivity index (χ1v) is 7.67. The van der Waals surface area contributed by atoms with Gasteiger partial charge in [0.1, 0.15) is 12.4 Å². The average Bonchev–Trinajstić information content (AvgIpc) is 3.07. The maximum Gasteiger partial charge on any atom is 0.323 e. The van der Waals surface area contributed by atoms with Crippen molar-refractivity contribution >= 4 is 34.1 Å². The third-order valence-corrected chi connectivity index (χ3v) is 4.32. The zero-order valence-electron chi connectivity index (χ0n) is 11.9. The Morgan fingerprint density at radius 3 is 2.77 bits per heavy atom. The Balaban J connectivity index is 2.11. The molecule has 0 bridgehead atoms. The molecular formula is C16H14N2O3S. The van der Waals surface area contributed by atoms with Crippen LogP contribution in [0, 0.1) is 0 Å². The fourth-order valence-corrected chi connectivity index (χ4v) is 3.12. The van der Waals surface area contributed by atoms with E-state index >= 15 is 0 Å². The van der Waals surface area contributed by atoms with E-state index in [0.29, 0.717) is 23.3 Å². The summed E-state index contributed by atoms with van der Waals surface area (Å²) >= 11 is 1.61. The number of ketones is 1. The predicted molar refractivity (Wildman–Crippen MR) is 84.5 cm³/mol. The van der Waals surface area contributed by atoms with Crippen molar-refractivity contribution in [1.29, 1.82) is 0 Å². The van der Waals surface area contributed by atoms with Gasteiger partial charge in [-0.2, -0.15) is 0 Å². The lowest BCUT2D eigenvalue weighted by Crippen LogP contribution is -2.12. The molecule has 22 heavy (non-hydrogen) atoms. The van der Waals surface area contributed by atoms with E-state index in [-0.39, 0.29) is 12.3 Å². The zero-order valence-corrected chi connectivity index (χ0v) is 12.8. The van der Waals surface area contributed by atoms with Crippen LogP contribution in [0.5, 0.6) is 0 Å². The van der Waals surface area contributed by atoms with Crippen LogP contribution < -0.4 is 0 Å². The minimum Gasteiger partial charge on any atom is -0.480 e. The van der Waals surface area contributed by atoms with Crippen molar-refractivity contribution in [3.8, 4) is 0 Å². The second-order valence-corrected chi connectivity index (χ2v) is 6.06. The smallest absolute Gasteiger partial charge is 0.323 e. The summed E-state index contributed by atoms with van der Waals surface area (Å²) in [5, 5.41) is 11.1. The molecule has 2 aromatic heterocycles. The summed E-state index contributed by atoms with van der Waals surface area (Å²) in [4.78, 5) is 28.3. The largest absolute Gasteiger partial charge is 0.480 e. The van der Waals surface area contributed by atoms with Crippen molar-refractivity contribution in [3.63, 3.8) is 0 Å². The van der Waals surface area contributed by atoms with Gasteiger partial charge in [-0.3, -0.25) is 9.59 Å². The van der Waals surface area contributed by atoms with Crippen molar-refractivity contribution < 1.29 is 14.7 Å². The van der Waals surface area contributed by atoms with Crippen LogP contribution >= 0.6 is 11.3 Å². The molecule has 3 aromatic rings. The number of thiophene rings is 1. The summed E-state index contributed by atoms with van der Waals surface area (Å²) in [5.41, 5.74) is 1.97. The lowest BCUT2D eigenvalue weighted by molar-refractivity contribution is -0.137. The molecule has 1 N–H and O–H groups in total. The number of nitrogens with zero attached hydrogens (tertiary/aromatic N) is 2. The number of carbonyl (C=O) groups excluding carboxylic acids is 1. The predicted octanol–water partition coefficient (Wildman–Crippen LogP) is 2.98. The zero-order chi connectivity index (χ0) is 15.7. The standard InChI is InChI=1S/C16H14N2O3S/c1-10(19)11-4-5-14-13(7-11)17-15(18(14)9-16(20)21)8-12-3-2-6-22-12/h2-7H,8-9H2,1H3,(H,20,21). The third kappa shape index (κ3) is 2.78. The summed E-state index contributed by atoms with van der Waals surface area (Å²) in [6.07, 6.45) is 0.578. The molecule has 0 radical (unpaired) electrons. The van der Waals surface area contributed by atoms with E-state index in [1.807, 2.05) is 17.5 Å². The molecule has 5 nitrogen and oxygen atoms in total. The SMILES string of the molecule is CC(=O)c1ccc2c(c1)nc(Cc1cccs1)n2CC(=O)O. The topological polar surface area (TPSA) is 72.2 Å². The average molecular weight is 314 g/mol. The van der Waals surface area contributed by atoms with Crippen LogP contribution in [0.1, 0.15) is 28.0 Å². The second kappa shape index (κ2) is 5.73. The molecule has 0 saturated carbocycles. The number of rotatable bonds is 5. The molecule has 0 fully saturated rings. The highest BCUT2D eigenvalue weighted by Gasteiger charge is 2.15. The van der Waals surface area contributed by atoms with Gasteiger partial charge in [-0.15, -0.1) is 11.3 Å². The maximum atomic E-state index is 11.5. The van der Waals surface area contributed by atoms with Gasteiger partial charge in [-0.1, -0.05) is 6.07 Å². The number of aliphatic carboxylic acids is 1. The van der Waals surface area contributed by atoms with Crippen molar-refractivity contribution in [2.45, 2.75) is 19.9 Å². The van der Waals surface area contributed by atoms with Crippen LogP contribution in [-0.2, 0) is 17.8 Å². The van der Waals surface area contributed by atoms with Crippen LogP contribution in [0.3, 0.4) is 0 Å². The van der Waals surface area contributed by atoms with Crippen molar-refractivity contribution in [2.75, 3.05) is 0 Å². The number of benzene rings is 1. The Hall–Kier alpha value is -2.47. The Bertz CT molecular complexity index is 850. The highest BCUT2D eigenvalue weighted by Crippen LogP contribution is 2.22. The molecule has 3 rings (SSSR count). The minimum absolute atomic E-state index is 0.0329. The van der Waals surface area contributed by atoms with E-state index in [1.54, 1.807) is 34.1 Å². The highest BCUT2D eigenvalue weighted by molar-refractivity contribution is 7.09. The van der Waals surface area contributed by atoms with E-state index in [4.69, 9.17) is 5.11 Å². The number of carboxylic acid groups (broad SMARTS) is 1. The van der Waals surface area contributed by atoms with Gasteiger partial charge in [0.2, 0.25) is 0 Å². The molecule has 6 heteroatoms. The Kier molecular flexibility index (Phi) is 3.77. The molecule has 0 atom stereocenters. The quantitative estimate of drug-likeness (QED) is 0.735. The summed E-state index contributed by atoms with van der Waals surface area (Å²) in [6, 6.07) is 9.14. The van der Waals surface area contributed by atoms with Crippen LogP contribution in [0.2, 0.25) is 0 Å². The lowest BCUT2D eigenvalue weighted by Gasteiger charge is -2.05. The summed E-state index contributed by atoms with van der Waals surface area (Å²) < 4.78 is 1.70. The molecule has 0 saturated heterocycles. The first-order chi connectivity index (χ1) is 10.5. The molecule has 0 aliphatic rings. The summed E-state index contributed by atoms with van der Waals surface area (Å²) in [7, 11) is 0. The normalized spacial score (nSPS) is 11.0. The molecule has 0 aliphatic carbocycles. The Morgan fingerprint density at radius 1 is 1.32 bits per heavy atom. The van der Waals surface area contributed by atoms with Crippen LogP contribution in [0.25, 0.3) is 11.0 Å². The molecule has 0 spiro atoms.